The molecule has 0 atom stereocenters. The van der Waals surface area contributed by atoms with Crippen LogP contribution in [0.1, 0.15) is 26.7 Å². The zero-order valence-corrected chi connectivity index (χ0v) is 12.4. The SMILES string of the molecule is COc1ccc(NC(=O)CN2CCCC2(C)C)c(N)c1. The van der Waals surface area contributed by atoms with E-state index >= 15 is 0 Å². The first-order chi connectivity index (χ1) is 9.42. The van der Waals surface area contributed by atoms with Gasteiger partial charge < -0.3 is 15.8 Å². The Morgan fingerprint density at radius 3 is 2.80 bits per heavy atom. The quantitative estimate of drug-likeness (QED) is 0.827. The number of ether oxygens (including phenoxy) is 1. The molecule has 0 spiro atoms. The fourth-order valence-corrected chi connectivity index (χ4v) is 2.60. The first kappa shape index (κ1) is 14.7. The maximum Gasteiger partial charge on any atom is 0.238 e. The molecule has 20 heavy (non-hydrogen) atoms. The summed E-state index contributed by atoms with van der Waals surface area (Å²) in [7, 11) is 1.59. The average Bonchev–Trinajstić information content (AvgIpc) is 2.71. The minimum absolute atomic E-state index is 0.0307. The summed E-state index contributed by atoms with van der Waals surface area (Å²) in [6.07, 6.45) is 2.27. The van der Waals surface area contributed by atoms with Crippen molar-refractivity contribution in [1.82, 2.24) is 4.90 Å². The van der Waals surface area contributed by atoms with Crippen LogP contribution in [-0.4, -0.2) is 36.5 Å². The Morgan fingerprint density at radius 1 is 1.50 bits per heavy atom. The lowest BCUT2D eigenvalue weighted by Gasteiger charge is -2.30. The number of likely N-dealkylation sites (tertiary alicyclic amines) is 1. The highest BCUT2D eigenvalue weighted by molar-refractivity contribution is 5.95. The molecule has 1 saturated heterocycles. The van der Waals surface area contributed by atoms with Crippen molar-refractivity contribution in [1.29, 1.82) is 0 Å². The maximum atomic E-state index is 12.1. The van der Waals surface area contributed by atoms with Crippen LogP contribution < -0.4 is 15.8 Å². The largest absolute Gasteiger partial charge is 0.497 e. The van der Waals surface area contributed by atoms with Gasteiger partial charge in [-0.25, -0.2) is 0 Å². The van der Waals surface area contributed by atoms with Crippen LogP contribution in [0.3, 0.4) is 0 Å². The highest BCUT2D eigenvalue weighted by Gasteiger charge is 2.32. The van der Waals surface area contributed by atoms with Crippen molar-refractivity contribution in [3.8, 4) is 5.75 Å². The number of hydrogen-bond acceptors (Lipinski definition) is 4. The van der Waals surface area contributed by atoms with Gasteiger partial charge in [-0.1, -0.05) is 0 Å². The summed E-state index contributed by atoms with van der Waals surface area (Å²) in [4.78, 5) is 14.3. The molecule has 1 amide bonds. The Morgan fingerprint density at radius 2 is 2.25 bits per heavy atom. The summed E-state index contributed by atoms with van der Waals surface area (Å²) >= 11 is 0. The molecule has 110 valence electrons. The maximum absolute atomic E-state index is 12.1. The number of hydrogen-bond donors (Lipinski definition) is 2. The van der Waals surface area contributed by atoms with Crippen LogP contribution in [0.25, 0.3) is 0 Å². The predicted octanol–water partition coefficient (Wildman–Crippen LogP) is 2.09. The van der Waals surface area contributed by atoms with E-state index in [4.69, 9.17) is 10.5 Å². The molecule has 0 radical (unpaired) electrons. The van der Waals surface area contributed by atoms with Gasteiger partial charge in [0.25, 0.3) is 0 Å². The van der Waals surface area contributed by atoms with Gasteiger partial charge in [-0.15, -0.1) is 0 Å². The molecule has 1 fully saturated rings. The van der Waals surface area contributed by atoms with Gasteiger partial charge in [0.1, 0.15) is 5.75 Å². The van der Waals surface area contributed by atoms with Crippen LogP contribution in [0.4, 0.5) is 11.4 Å². The first-order valence-corrected chi connectivity index (χ1v) is 6.91. The van der Waals surface area contributed by atoms with Crippen molar-refractivity contribution in [3.63, 3.8) is 0 Å². The highest BCUT2D eigenvalue weighted by Crippen LogP contribution is 2.28. The van der Waals surface area contributed by atoms with E-state index in [9.17, 15) is 4.79 Å². The number of rotatable bonds is 4. The average molecular weight is 277 g/mol. The summed E-state index contributed by atoms with van der Waals surface area (Å²) in [6, 6.07) is 5.25. The van der Waals surface area contributed by atoms with E-state index in [1.165, 1.54) is 0 Å². The van der Waals surface area contributed by atoms with Gasteiger partial charge in [-0.05, 0) is 45.4 Å². The van der Waals surface area contributed by atoms with Gasteiger partial charge >= 0.3 is 0 Å². The Balaban J connectivity index is 1.98. The highest BCUT2D eigenvalue weighted by atomic mass is 16.5. The van der Waals surface area contributed by atoms with Crippen molar-refractivity contribution in [2.75, 3.05) is 31.2 Å². The van der Waals surface area contributed by atoms with Gasteiger partial charge in [0.05, 0.1) is 25.0 Å². The number of methoxy groups -OCH3 is 1. The minimum Gasteiger partial charge on any atom is -0.497 e. The van der Waals surface area contributed by atoms with E-state index in [2.05, 4.69) is 24.1 Å². The minimum atomic E-state index is -0.0307. The lowest BCUT2D eigenvalue weighted by Crippen LogP contribution is -2.43. The zero-order chi connectivity index (χ0) is 14.8. The van der Waals surface area contributed by atoms with Crippen LogP contribution in [0.2, 0.25) is 0 Å². The molecule has 0 aromatic heterocycles. The molecule has 1 aliphatic rings. The van der Waals surface area contributed by atoms with Crippen molar-refractivity contribution < 1.29 is 9.53 Å². The van der Waals surface area contributed by atoms with E-state index < -0.39 is 0 Å². The van der Waals surface area contributed by atoms with Gasteiger partial charge in [0.15, 0.2) is 0 Å². The van der Waals surface area contributed by atoms with Gasteiger partial charge in [-0.3, -0.25) is 9.69 Å². The number of nitrogen functional groups attached to an aromatic ring is 1. The van der Waals surface area contributed by atoms with E-state index in [0.29, 0.717) is 23.7 Å². The van der Waals surface area contributed by atoms with E-state index in [-0.39, 0.29) is 11.4 Å². The number of nitrogens with one attached hydrogen (secondary N) is 1. The fraction of sp³-hybridized carbons (Fsp3) is 0.533. The first-order valence-electron chi connectivity index (χ1n) is 6.91. The molecule has 0 bridgehead atoms. The third kappa shape index (κ3) is 3.22. The number of nitrogens with two attached hydrogens (primary N) is 1. The molecule has 5 heteroatoms. The molecule has 1 aromatic carbocycles. The van der Waals surface area contributed by atoms with Crippen molar-refractivity contribution >= 4 is 17.3 Å². The standard InChI is InChI=1S/C15H23N3O2/c1-15(2)7-4-8-18(15)10-14(19)17-13-6-5-11(20-3)9-12(13)16/h5-6,9H,4,7-8,10,16H2,1-3H3,(H,17,19). The van der Waals surface area contributed by atoms with Crippen molar-refractivity contribution in [3.05, 3.63) is 18.2 Å². The van der Waals surface area contributed by atoms with Crippen LogP contribution >= 0.6 is 0 Å². The Labute approximate surface area is 120 Å². The third-order valence-electron chi connectivity index (χ3n) is 3.94. The predicted molar refractivity (Wildman–Crippen MR) is 80.9 cm³/mol. The number of amides is 1. The molecule has 3 N–H and O–H groups in total. The smallest absolute Gasteiger partial charge is 0.238 e. The molecule has 5 nitrogen and oxygen atoms in total. The molecule has 0 saturated carbocycles. The second-order valence-corrected chi connectivity index (χ2v) is 5.84. The number of anilines is 2. The van der Waals surface area contributed by atoms with Crippen LogP contribution in [0.5, 0.6) is 5.75 Å². The van der Waals surface area contributed by atoms with Crippen molar-refractivity contribution in [2.45, 2.75) is 32.2 Å². The summed E-state index contributed by atoms with van der Waals surface area (Å²) in [6.45, 7) is 5.72. The third-order valence-corrected chi connectivity index (χ3v) is 3.94. The molecule has 0 aliphatic carbocycles. The number of carbonyl (C=O) groups is 1. The van der Waals surface area contributed by atoms with E-state index in [0.717, 1.165) is 19.4 Å². The molecule has 0 unspecified atom stereocenters. The molecular formula is C15H23N3O2. The lowest BCUT2D eigenvalue weighted by atomic mass is 10.0. The number of carbonyl (C=O) groups excluding carboxylic acids is 1. The number of benzene rings is 1. The van der Waals surface area contributed by atoms with Gasteiger partial charge in [-0.2, -0.15) is 0 Å². The second kappa shape index (κ2) is 5.71. The van der Waals surface area contributed by atoms with E-state index in [1.807, 2.05) is 0 Å². The zero-order valence-electron chi connectivity index (χ0n) is 12.4. The van der Waals surface area contributed by atoms with Crippen molar-refractivity contribution in [2.24, 2.45) is 0 Å². The Bertz CT molecular complexity index is 500. The van der Waals surface area contributed by atoms with E-state index in [1.54, 1.807) is 25.3 Å². The van der Waals surface area contributed by atoms with Crippen LogP contribution in [0.15, 0.2) is 18.2 Å². The molecule has 2 rings (SSSR count). The Kier molecular flexibility index (Phi) is 4.18. The topological polar surface area (TPSA) is 67.6 Å². The molecule has 1 aromatic rings. The molecular weight excluding hydrogens is 254 g/mol. The fourth-order valence-electron chi connectivity index (χ4n) is 2.60. The Hall–Kier alpha value is -1.75. The molecule has 1 aliphatic heterocycles. The molecule has 1 heterocycles. The van der Waals surface area contributed by atoms with Crippen LogP contribution in [-0.2, 0) is 4.79 Å². The monoisotopic (exact) mass is 277 g/mol. The van der Waals surface area contributed by atoms with Crippen LogP contribution in [0, 0.1) is 0 Å². The number of nitrogens with zero attached hydrogens (tertiary/aromatic N) is 1. The normalized spacial score (nSPS) is 17.9. The summed E-state index contributed by atoms with van der Waals surface area (Å²) in [5.41, 5.74) is 7.14. The second-order valence-electron chi connectivity index (χ2n) is 5.84. The van der Waals surface area contributed by atoms with Gasteiger partial charge in [0.2, 0.25) is 5.91 Å². The summed E-state index contributed by atoms with van der Waals surface area (Å²) in [5.74, 6) is 0.651. The lowest BCUT2D eigenvalue weighted by molar-refractivity contribution is -0.118. The summed E-state index contributed by atoms with van der Waals surface area (Å²) in [5, 5.41) is 2.87. The van der Waals surface area contributed by atoms with Gasteiger partial charge in [0, 0.05) is 11.6 Å². The summed E-state index contributed by atoms with van der Waals surface area (Å²) < 4.78 is 5.09.